The van der Waals surface area contributed by atoms with Gasteiger partial charge in [0.2, 0.25) is 0 Å². The van der Waals surface area contributed by atoms with Crippen LogP contribution >= 0.6 is 11.6 Å². The smallest absolute Gasteiger partial charge is 0.0579 e. The first-order valence-corrected chi connectivity index (χ1v) is 7.14. The topological polar surface area (TPSA) is 12.0 Å². The first-order valence-electron chi connectivity index (χ1n) is 6.76. The molecule has 100 valence electrons. The second kappa shape index (κ2) is 6.74. The molecule has 2 aromatic carbocycles. The lowest BCUT2D eigenvalue weighted by molar-refractivity contribution is 0.596. The molecule has 0 aromatic heterocycles. The number of nitrogens with one attached hydrogen (secondary N) is 1. The lowest BCUT2D eigenvalue weighted by Crippen LogP contribution is -2.23. The molecule has 2 aromatic rings. The molecule has 1 atom stereocenters. The van der Waals surface area contributed by atoms with E-state index in [1.807, 2.05) is 12.1 Å². The summed E-state index contributed by atoms with van der Waals surface area (Å²) in [5.74, 6) is 0. The van der Waals surface area contributed by atoms with Crippen LogP contribution < -0.4 is 5.32 Å². The third-order valence-corrected chi connectivity index (χ3v) is 3.52. The first-order chi connectivity index (χ1) is 9.22. The number of halogens is 1. The van der Waals surface area contributed by atoms with Gasteiger partial charge in [-0.05, 0) is 48.7 Å². The highest BCUT2D eigenvalue weighted by Crippen LogP contribution is 2.27. The first kappa shape index (κ1) is 14.1. The molecular formula is C17H20ClN. The molecule has 0 heterocycles. The third kappa shape index (κ3) is 3.59. The lowest BCUT2D eigenvalue weighted by Gasteiger charge is -2.21. The summed E-state index contributed by atoms with van der Waals surface area (Å²) in [5.41, 5.74) is 3.80. The van der Waals surface area contributed by atoms with E-state index < -0.39 is 0 Å². The van der Waals surface area contributed by atoms with E-state index in [4.69, 9.17) is 11.6 Å². The fourth-order valence-corrected chi connectivity index (χ4v) is 2.44. The fourth-order valence-electron chi connectivity index (χ4n) is 2.26. The number of hydrogen-bond acceptors (Lipinski definition) is 1. The highest BCUT2D eigenvalue weighted by molar-refractivity contribution is 6.30. The second-order valence-corrected chi connectivity index (χ2v) is 5.24. The van der Waals surface area contributed by atoms with Gasteiger partial charge in [-0.25, -0.2) is 0 Å². The van der Waals surface area contributed by atoms with Gasteiger partial charge in [0.15, 0.2) is 0 Å². The van der Waals surface area contributed by atoms with Crippen molar-refractivity contribution in [2.75, 3.05) is 6.54 Å². The minimum absolute atomic E-state index is 0.208. The number of hydrogen-bond donors (Lipinski definition) is 1. The van der Waals surface area contributed by atoms with Crippen LogP contribution in [0.15, 0.2) is 48.5 Å². The molecule has 0 saturated carbocycles. The molecular weight excluding hydrogens is 254 g/mol. The van der Waals surface area contributed by atoms with Crippen LogP contribution in [0.5, 0.6) is 0 Å². The zero-order chi connectivity index (χ0) is 13.7. The summed E-state index contributed by atoms with van der Waals surface area (Å²) in [6, 6.07) is 16.8. The van der Waals surface area contributed by atoms with Crippen LogP contribution in [-0.4, -0.2) is 6.54 Å². The summed E-state index contributed by atoms with van der Waals surface area (Å²) in [6.45, 7) is 5.31. The summed E-state index contributed by atoms with van der Waals surface area (Å²) in [4.78, 5) is 0. The van der Waals surface area contributed by atoms with Crippen molar-refractivity contribution in [1.29, 1.82) is 0 Å². The molecule has 2 heteroatoms. The van der Waals surface area contributed by atoms with Crippen LogP contribution in [0.4, 0.5) is 0 Å². The summed E-state index contributed by atoms with van der Waals surface area (Å²) in [6.07, 6.45) is 1.11. The average molecular weight is 274 g/mol. The summed E-state index contributed by atoms with van der Waals surface area (Å²) >= 11 is 6.15. The lowest BCUT2D eigenvalue weighted by atomic mass is 9.95. The van der Waals surface area contributed by atoms with Crippen LogP contribution in [0.25, 0.3) is 0 Å². The average Bonchev–Trinajstić information content (AvgIpc) is 2.44. The van der Waals surface area contributed by atoms with E-state index in [1.165, 1.54) is 16.7 Å². The van der Waals surface area contributed by atoms with Gasteiger partial charge in [0.1, 0.15) is 0 Å². The van der Waals surface area contributed by atoms with Gasteiger partial charge in [0.05, 0.1) is 6.04 Å². The predicted octanol–water partition coefficient (Wildman–Crippen LogP) is 4.74. The van der Waals surface area contributed by atoms with Gasteiger partial charge < -0.3 is 5.32 Å². The molecule has 0 aliphatic rings. The van der Waals surface area contributed by atoms with Crippen molar-refractivity contribution in [3.05, 3.63) is 70.2 Å². The molecule has 0 amide bonds. The van der Waals surface area contributed by atoms with Crippen LogP contribution in [-0.2, 0) is 0 Å². The molecule has 1 nitrogen and oxygen atoms in total. The monoisotopic (exact) mass is 273 g/mol. The van der Waals surface area contributed by atoms with Crippen molar-refractivity contribution in [2.45, 2.75) is 26.3 Å². The Morgan fingerprint density at radius 3 is 2.53 bits per heavy atom. The molecule has 0 radical (unpaired) electrons. The van der Waals surface area contributed by atoms with E-state index in [-0.39, 0.29) is 6.04 Å². The Morgan fingerprint density at radius 1 is 1.11 bits per heavy atom. The molecule has 1 unspecified atom stereocenters. The van der Waals surface area contributed by atoms with Crippen molar-refractivity contribution < 1.29 is 0 Å². The number of rotatable bonds is 5. The largest absolute Gasteiger partial charge is 0.306 e. The van der Waals surface area contributed by atoms with Gasteiger partial charge >= 0.3 is 0 Å². The maximum Gasteiger partial charge on any atom is 0.0579 e. The summed E-state index contributed by atoms with van der Waals surface area (Å²) in [5, 5.41) is 4.40. The molecule has 0 aliphatic carbocycles. The highest BCUT2D eigenvalue weighted by Gasteiger charge is 2.15. The molecule has 2 rings (SSSR count). The van der Waals surface area contributed by atoms with E-state index in [0.717, 1.165) is 18.0 Å². The van der Waals surface area contributed by atoms with Crippen LogP contribution in [0.2, 0.25) is 5.02 Å². The Morgan fingerprint density at radius 2 is 1.84 bits per heavy atom. The standard InChI is InChI=1S/C17H20ClN/c1-3-11-19-17(14-7-5-4-6-8-14)16-12-15(18)10-9-13(16)2/h4-10,12,17,19H,3,11H2,1-2H3. The van der Waals surface area contributed by atoms with Gasteiger partial charge in [-0.1, -0.05) is 54.9 Å². The molecule has 0 fully saturated rings. The zero-order valence-corrected chi connectivity index (χ0v) is 12.2. The normalized spacial score (nSPS) is 12.4. The van der Waals surface area contributed by atoms with Crippen LogP contribution in [0.3, 0.4) is 0 Å². The molecule has 0 bridgehead atoms. The second-order valence-electron chi connectivity index (χ2n) is 4.80. The molecule has 19 heavy (non-hydrogen) atoms. The Bertz CT molecular complexity index is 522. The number of benzene rings is 2. The van der Waals surface area contributed by atoms with E-state index >= 15 is 0 Å². The van der Waals surface area contributed by atoms with Gasteiger partial charge in [-0.2, -0.15) is 0 Å². The van der Waals surface area contributed by atoms with E-state index in [9.17, 15) is 0 Å². The Kier molecular flexibility index (Phi) is 5.00. The maximum absolute atomic E-state index is 6.15. The SMILES string of the molecule is CCCNC(c1ccccc1)c1cc(Cl)ccc1C. The van der Waals surface area contributed by atoms with E-state index in [1.54, 1.807) is 0 Å². The van der Waals surface area contributed by atoms with Crippen molar-refractivity contribution in [3.63, 3.8) is 0 Å². The summed E-state index contributed by atoms with van der Waals surface area (Å²) in [7, 11) is 0. The Labute approximate surface area is 120 Å². The highest BCUT2D eigenvalue weighted by atomic mass is 35.5. The van der Waals surface area contributed by atoms with E-state index in [2.05, 4.69) is 55.6 Å². The van der Waals surface area contributed by atoms with Gasteiger partial charge in [0.25, 0.3) is 0 Å². The van der Waals surface area contributed by atoms with Crippen molar-refractivity contribution >= 4 is 11.6 Å². The van der Waals surface area contributed by atoms with Crippen LogP contribution in [0.1, 0.15) is 36.1 Å². The van der Waals surface area contributed by atoms with Crippen molar-refractivity contribution in [2.24, 2.45) is 0 Å². The van der Waals surface area contributed by atoms with Crippen LogP contribution in [0, 0.1) is 6.92 Å². The minimum atomic E-state index is 0.208. The molecule has 1 N–H and O–H groups in total. The van der Waals surface area contributed by atoms with Crippen molar-refractivity contribution in [3.8, 4) is 0 Å². The Balaban J connectivity index is 2.40. The van der Waals surface area contributed by atoms with Gasteiger partial charge in [-0.15, -0.1) is 0 Å². The third-order valence-electron chi connectivity index (χ3n) is 3.28. The van der Waals surface area contributed by atoms with Crippen molar-refractivity contribution in [1.82, 2.24) is 5.32 Å². The summed E-state index contributed by atoms with van der Waals surface area (Å²) < 4.78 is 0. The Hall–Kier alpha value is -1.31. The minimum Gasteiger partial charge on any atom is -0.306 e. The quantitative estimate of drug-likeness (QED) is 0.830. The zero-order valence-electron chi connectivity index (χ0n) is 11.5. The predicted molar refractivity (Wildman–Crippen MR) is 82.8 cm³/mol. The van der Waals surface area contributed by atoms with E-state index in [0.29, 0.717) is 0 Å². The maximum atomic E-state index is 6.15. The van der Waals surface area contributed by atoms with Gasteiger partial charge in [0, 0.05) is 5.02 Å². The molecule has 0 spiro atoms. The molecule has 0 saturated heterocycles. The number of aryl methyl sites for hydroxylation is 1. The molecule has 0 aliphatic heterocycles. The van der Waals surface area contributed by atoms with Gasteiger partial charge in [-0.3, -0.25) is 0 Å². The fraction of sp³-hybridized carbons (Fsp3) is 0.294.